The van der Waals surface area contributed by atoms with Crippen LogP contribution in [0.1, 0.15) is 94.2 Å². The lowest BCUT2D eigenvalue weighted by Crippen LogP contribution is -2.48. The van der Waals surface area contributed by atoms with Gasteiger partial charge in [-0.15, -0.1) is 10.2 Å². The fourth-order valence-corrected chi connectivity index (χ4v) is 5.36. The monoisotopic (exact) mass is 495 g/mol. The van der Waals surface area contributed by atoms with Crippen LogP contribution in [-0.2, 0) is 16.0 Å². The first-order chi connectivity index (χ1) is 17.1. The molecule has 4 rings (SSSR count). The summed E-state index contributed by atoms with van der Waals surface area (Å²) in [5.74, 6) is 0.655. The molecule has 8 nitrogen and oxygen atoms in total. The van der Waals surface area contributed by atoms with E-state index in [2.05, 4.69) is 40.9 Å². The van der Waals surface area contributed by atoms with Crippen molar-refractivity contribution in [3.63, 3.8) is 0 Å². The first kappa shape index (κ1) is 26.3. The second-order valence-corrected chi connectivity index (χ2v) is 11.7. The minimum absolute atomic E-state index is 0.123. The van der Waals surface area contributed by atoms with Gasteiger partial charge in [0.25, 0.3) is 0 Å². The average molecular weight is 496 g/mol. The number of aromatic nitrogens is 3. The zero-order chi connectivity index (χ0) is 26.0. The van der Waals surface area contributed by atoms with Crippen molar-refractivity contribution < 1.29 is 14.7 Å². The van der Waals surface area contributed by atoms with E-state index in [0.29, 0.717) is 31.3 Å². The van der Waals surface area contributed by atoms with E-state index in [1.807, 2.05) is 32.0 Å². The summed E-state index contributed by atoms with van der Waals surface area (Å²) < 4.78 is 2.20. The number of carbonyl (C=O) groups excluding carboxylic acids is 2. The minimum atomic E-state index is -0.585. The van der Waals surface area contributed by atoms with Crippen molar-refractivity contribution in [3.05, 3.63) is 41.0 Å². The number of rotatable bonds is 8. The van der Waals surface area contributed by atoms with Crippen molar-refractivity contribution in [2.75, 3.05) is 18.5 Å². The summed E-state index contributed by atoms with van der Waals surface area (Å²) in [5, 5.41) is 22.0. The number of anilines is 1. The van der Waals surface area contributed by atoms with Crippen molar-refractivity contribution in [3.8, 4) is 0 Å². The molecule has 2 N–H and O–H groups in total. The van der Waals surface area contributed by atoms with Gasteiger partial charge in [0.2, 0.25) is 11.8 Å². The molecule has 2 aliphatic rings. The molecule has 1 aliphatic heterocycles. The van der Waals surface area contributed by atoms with Crippen molar-refractivity contribution in [1.82, 2.24) is 19.7 Å². The van der Waals surface area contributed by atoms with Crippen molar-refractivity contribution in [2.24, 2.45) is 11.3 Å². The summed E-state index contributed by atoms with van der Waals surface area (Å²) in [7, 11) is 0. The molecule has 2 aromatic rings. The van der Waals surface area contributed by atoms with Crippen LogP contribution in [0.15, 0.2) is 18.2 Å². The predicted molar refractivity (Wildman–Crippen MR) is 139 cm³/mol. The van der Waals surface area contributed by atoms with Crippen molar-refractivity contribution in [2.45, 2.75) is 91.6 Å². The number of hydrogen-bond donors (Lipinski definition) is 2. The second kappa shape index (κ2) is 10.7. The van der Waals surface area contributed by atoms with Gasteiger partial charge in [-0.25, -0.2) is 0 Å². The van der Waals surface area contributed by atoms with Gasteiger partial charge < -0.3 is 19.9 Å². The topological polar surface area (TPSA) is 100 Å². The molecule has 1 aromatic carbocycles. The van der Waals surface area contributed by atoms with E-state index < -0.39 is 18.6 Å². The first-order valence-electron chi connectivity index (χ1n) is 13.3. The van der Waals surface area contributed by atoms with Gasteiger partial charge in [-0.1, -0.05) is 38.5 Å². The van der Waals surface area contributed by atoms with Gasteiger partial charge in [0.05, 0.1) is 5.92 Å². The van der Waals surface area contributed by atoms with Crippen LogP contribution in [0.4, 0.5) is 5.69 Å². The van der Waals surface area contributed by atoms with Crippen LogP contribution in [0.5, 0.6) is 0 Å². The molecule has 196 valence electrons. The average Bonchev–Trinajstić information content (AvgIpc) is 3.58. The third kappa shape index (κ3) is 5.97. The maximum atomic E-state index is 13.7. The normalized spacial score (nSPS) is 20.4. The number of amides is 2. The number of hydrogen-bond acceptors (Lipinski definition) is 5. The molecule has 2 amide bonds. The molecule has 2 fully saturated rings. The Balaban J connectivity index is 1.66. The van der Waals surface area contributed by atoms with Crippen LogP contribution in [0.2, 0.25) is 0 Å². The highest BCUT2D eigenvalue weighted by atomic mass is 16.3. The molecule has 1 aliphatic carbocycles. The number of nitrogens with zero attached hydrogens (tertiary/aromatic N) is 4. The van der Waals surface area contributed by atoms with Crippen LogP contribution < -0.4 is 5.32 Å². The van der Waals surface area contributed by atoms with Gasteiger partial charge in [0.1, 0.15) is 18.5 Å². The van der Waals surface area contributed by atoms with E-state index in [1.165, 1.54) is 0 Å². The highest BCUT2D eigenvalue weighted by Gasteiger charge is 2.44. The van der Waals surface area contributed by atoms with Crippen LogP contribution in [0.3, 0.4) is 0 Å². The largest absolute Gasteiger partial charge is 0.387 e. The van der Waals surface area contributed by atoms with Crippen LogP contribution in [-0.4, -0.2) is 49.7 Å². The second-order valence-electron chi connectivity index (χ2n) is 11.7. The van der Waals surface area contributed by atoms with E-state index in [4.69, 9.17) is 0 Å². The van der Waals surface area contributed by atoms with Gasteiger partial charge >= 0.3 is 0 Å². The van der Waals surface area contributed by atoms with Gasteiger partial charge in [-0.05, 0) is 69.4 Å². The van der Waals surface area contributed by atoms with Crippen LogP contribution >= 0.6 is 0 Å². The Hall–Kier alpha value is -2.74. The molecule has 1 saturated heterocycles. The van der Waals surface area contributed by atoms with Crippen LogP contribution in [0, 0.1) is 25.2 Å². The van der Waals surface area contributed by atoms with Gasteiger partial charge in [-0.3, -0.25) is 9.59 Å². The third-order valence-electron chi connectivity index (χ3n) is 7.36. The number of piperidine rings is 1. The van der Waals surface area contributed by atoms with E-state index in [1.54, 1.807) is 4.90 Å². The number of aliphatic hydroxyl groups excluding tert-OH is 1. The van der Waals surface area contributed by atoms with Crippen molar-refractivity contribution >= 4 is 17.5 Å². The van der Waals surface area contributed by atoms with E-state index in [-0.39, 0.29) is 17.2 Å². The molecule has 8 heteroatoms. The summed E-state index contributed by atoms with van der Waals surface area (Å²) >= 11 is 0. The fourth-order valence-electron chi connectivity index (χ4n) is 5.36. The van der Waals surface area contributed by atoms with Crippen LogP contribution in [0.25, 0.3) is 0 Å². The molecule has 0 bridgehead atoms. The molecule has 36 heavy (non-hydrogen) atoms. The third-order valence-corrected chi connectivity index (χ3v) is 7.36. The molecule has 1 aromatic heterocycles. The Labute approximate surface area is 214 Å². The standard InChI is InChI=1S/C28H41N5O3/c1-18-10-13-22(19(2)16-18)29-27(36)21-8-7-15-32(24(35)17-34)25(21)26-31-30-23(33(26)20-11-12-20)9-6-14-28(3,4)5/h10,13,16,20-21,25,34H,6-9,11-12,14-15,17H2,1-5H3,(H,29,36)/t21-,25-/m0/s1. The van der Waals surface area contributed by atoms with E-state index in [9.17, 15) is 14.7 Å². The van der Waals surface area contributed by atoms with Gasteiger partial charge in [-0.2, -0.15) is 0 Å². The summed E-state index contributed by atoms with van der Waals surface area (Å²) in [6, 6.07) is 5.72. The zero-order valence-electron chi connectivity index (χ0n) is 22.4. The predicted octanol–water partition coefficient (Wildman–Crippen LogP) is 4.51. The maximum absolute atomic E-state index is 13.7. The number of carbonyl (C=O) groups is 2. The van der Waals surface area contributed by atoms with Gasteiger partial charge in [0, 0.05) is 24.7 Å². The van der Waals surface area contributed by atoms with E-state index >= 15 is 0 Å². The Morgan fingerprint density at radius 2 is 1.89 bits per heavy atom. The number of benzene rings is 1. The first-order valence-corrected chi connectivity index (χ1v) is 13.3. The number of aryl methyl sites for hydroxylation is 3. The lowest BCUT2D eigenvalue weighted by atomic mass is 9.87. The molecule has 0 radical (unpaired) electrons. The summed E-state index contributed by atoms with van der Waals surface area (Å²) in [5.41, 5.74) is 3.16. The van der Waals surface area contributed by atoms with Gasteiger partial charge in [0.15, 0.2) is 5.82 Å². The van der Waals surface area contributed by atoms with Crippen molar-refractivity contribution in [1.29, 1.82) is 0 Å². The SMILES string of the molecule is Cc1ccc(NC(=O)[C@H]2CCCN(C(=O)CO)[C@@H]2c2nnc(CCCC(C)(C)C)n2C2CC2)c(C)c1. The molecule has 1 saturated carbocycles. The molecular formula is C28H41N5O3. The molecule has 2 heterocycles. The lowest BCUT2D eigenvalue weighted by molar-refractivity contribution is -0.142. The molecule has 2 atom stereocenters. The zero-order valence-corrected chi connectivity index (χ0v) is 22.4. The summed E-state index contributed by atoms with van der Waals surface area (Å²) in [4.78, 5) is 28.2. The number of nitrogens with one attached hydrogen (secondary N) is 1. The molecular weight excluding hydrogens is 454 g/mol. The Morgan fingerprint density at radius 3 is 2.53 bits per heavy atom. The quantitative estimate of drug-likeness (QED) is 0.561. The molecule has 0 unspecified atom stereocenters. The Morgan fingerprint density at radius 1 is 1.14 bits per heavy atom. The summed E-state index contributed by atoms with van der Waals surface area (Å²) in [6.45, 7) is 10.6. The van der Waals surface area contributed by atoms with E-state index in [0.717, 1.165) is 54.7 Å². The Kier molecular flexibility index (Phi) is 7.83. The smallest absolute Gasteiger partial charge is 0.248 e. The number of aliphatic hydroxyl groups is 1. The highest BCUT2D eigenvalue weighted by molar-refractivity contribution is 5.94. The minimum Gasteiger partial charge on any atom is -0.387 e. The molecule has 0 spiro atoms. The summed E-state index contributed by atoms with van der Waals surface area (Å²) in [6.07, 6.45) is 6.36. The maximum Gasteiger partial charge on any atom is 0.248 e. The number of likely N-dealkylation sites (tertiary alicyclic amines) is 1. The fraction of sp³-hybridized carbons (Fsp3) is 0.643. The highest BCUT2D eigenvalue weighted by Crippen LogP contribution is 2.43. The Bertz CT molecular complexity index is 1100. The lowest BCUT2D eigenvalue weighted by Gasteiger charge is -2.40.